The van der Waals surface area contributed by atoms with Gasteiger partial charge in [-0.1, -0.05) is 23.8 Å². The lowest BCUT2D eigenvalue weighted by molar-refractivity contribution is 0.600. The fraction of sp³-hybridized carbons (Fsp3) is 0.143. The molecular weight excluding hydrogens is 260 g/mol. The second-order valence-corrected chi connectivity index (χ2v) is 6.09. The van der Waals surface area contributed by atoms with E-state index in [1.54, 1.807) is 37.3 Å². The Morgan fingerprint density at radius 1 is 1.00 bits per heavy atom. The minimum absolute atomic E-state index is 0.202. The fourth-order valence-electron chi connectivity index (χ4n) is 1.75. The Kier molecular flexibility index (Phi) is 3.48. The lowest BCUT2D eigenvalue weighted by Crippen LogP contribution is -2.14. The summed E-state index contributed by atoms with van der Waals surface area (Å²) < 4.78 is 27.1. The maximum absolute atomic E-state index is 12.3. The summed E-state index contributed by atoms with van der Waals surface area (Å²) in [5, 5.41) is 0. The summed E-state index contributed by atoms with van der Waals surface area (Å²) in [6.07, 6.45) is 0. The van der Waals surface area contributed by atoms with Gasteiger partial charge < -0.3 is 5.73 Å². The number of nitrogen functional groups attached to an aromatic ring is 1. The number of anilines is 2. The predicted octanol–water partition coefficient (Wildman–Crippen LogP) is 2.69. The largest absolute Gasteiger partial charge is 0.398 e. The van der Waals surface area contributed by atoms with E-state index in [4.69, 9.17) is 5.73 Å². The SMILES string of the molecule is Cc1ccc(NS(=O)(=O)c2cccc(N)c2C)cc1. The van der Waals surface area contributed by atoms with Gasteiger partial charge in [0, 0.05) is 11.4 Å². The van der Waals surface area contributed by atoms with Crippen LogP contribution in [0.25, 0.3) is 0 Å². The fourth-order valence-corrected chi connectivity index (χ4v) is 3.09. The summed E-state index contributed by atoms with van der Waals surface area (Å²) in [6.45, 7) is 3.64. The van der Waals surface area contributed by atoms with E-state index in [1.807, 2.05) is 19.1 Å². The van der Waals surface area contributed by atoms with Crippen LogP contribution in [-0.4, -0.2) is 8.42 Å². The van der Waals surface area contributed by atoms with Crippen molar-refractivity contribution in [1.29, 1.82) is 0 Å². The van der Waals surface area contributed by atoms with Crippen molar-refractivity contribution < 1.29 is 8.42 Å². The molecule has 2 aromatic carbocycles. The number of nitrogens with one attached hydrogen (secondary N) is 1. The molecule has 0 heterocycles. The maximum atomic E-state index is 12.3. The molecule has 2 rings (SSSR count). The van der Waals surface area contributed by atoms with Gasteiger partial charge in [0.05, 0.1) is 4.90 Å². The number of benzene rings is 2. The second-order valence-electron chi connectivity index (χ2n) is 4.44. The molecule has 5 heteroatoms. The molecular formula is C14H16N2O2S. The third-order valence-electron chi connectivity index (χ3n) is 2.92. The molecule has 3 N–H and O–H groups in total. The molecule has 0 aliphatic rings. The predicted molar refractivity (Wildman–Crippen MR) is 77.6 cm³/mol. The lowest BCUT2D eigenvalue weighted by atomic mass is 10.2. The van der Waals surface area contributed by atoms with Crippen LogP contribution in [0.5, 0.6) is 0 Å². The van der Waals surface area contributed by atoms with Gasteiger partial charge in [0.15, 0.2) is 0 Å². The smallest absolute Gasteiger partial charge is 0.262 e. The Morgan fingerprint density at radius 3 is 2.26 bits per heavy atom. The molecule has 0 atom stereocenters. The quantitative estimate of drug-likeness (QED) is 0.847. The average molecular weight is 276 g/mol. The van der Waals surface area contributed by atoms with Crippen molar-refractivity contribution in [1.82, 2.24) is 0 Å². The number of rotatable bonds is 3. The highest BCUT2D eigenvalue weighted by Gasteiger charge is 2.17. The molecule has 0 aliphatic carbocycles. The van der Waals surface area contributed by atoms with Gasteiger partial charge >= 0.3 is 0 Å². The van der Waals surface area contributed by atoms with Crippen LogP contribution in [0, 0.1) is 13.8 Å². The van der Waals surface area contributed by atoms with Crippen LogP contribution < -0.4 is 10.5 Å². The Labute approximate surface area is 113 Å². The first-order chi connectivity index (χ1) is 8.90. The van der Waals surface area contributed by atoms with Gasteiger partial charge in [-0.15, -0.1) is 0 Å². The molecule has 0 fully saturated rings. The van der Waals surface area contributed by atoms with Crippen molar-refractivity contribution in [3.05, 3.63) is 53.6 Å². The van der Waals surface area contributed by atoms with Crippen LogP contribution >= 0.6 is 0 Å². The number of aryl methyl sites for hydroxylation is 1. The molecule has 0 unspecified atom stereocenters. The molecule has 0 aliphatic heterocycles. The Morgan fingerprint density at radius 2 is 1.63 bits per heavy atom. The van der Waals surface area contributed by atoms with Crippen molar-refractivity contribution in [2.75, 3.05) is 10.5 Å². The number of nitrogens with two attached hydrogens (primary N) is 1. The van der Waals surface area contributed by atoms with Crippen LogP contribution in [0.4, 0.5) is 11.4 Å². The van der Waals surface area contributed by atoms with Crippen molar-refractivity contribution in [2.24, 2.45) is 0 Å². The van der Waals surface area contributed by atoms with E-state index in [0.29, 0.717) is 16.9 Å². The van der Waals surface area contributed by atoms with Crippen LogP contribution in [0.15, 0.2) is 47.4 Å². The van der Waals surface area contributed by atoms with E-state index in [0.717, 1.165) is 5.56 Å². The van der Waals surface area contributed by atoms with Crippen molar-refractivity contribution >= 4 is 21.4 Å². The maximum Gasteiger partial charge on any atom is 0.262 e. The lowest BCUT2D eigenvalue weighted by Gasteiger charge is -2.11. The normalized spacial score (nSPS) is 11.3. The van der Waals surface area contributed by atoms with E-state index in [1.165, 1.54) is 0 Å². The van der Waals surface area contributed by atoms with Crippen LogP contribution in [0.3, 0.4) is 0 Å². The van der Waals surface area contributed by atoms with Crippen molar-refractivity contribution in [3.8, 4) is 0 Å². The summed E-state index contributed by atoms with van der Waals surface area (Å²) in [5.74, 6) is 0. The summed E-state index contributed by atoms with van der Waals surface area (Å²) in [6, 6.07) is 12.0. The number of hydrogen-bond acceptors (Lipinski definition) is 3. The van der Waals surface area contributed by atoms with Crippen LogP contribution in [0.2, 0.25) is 0 Å². The summed E-state index contributed by atoms with van der Waals surface area (Å²) in [7, 11) is -3.61. The molecule has 0 radical (unpaired) electrons. The van der Waals surface area contributed by atoms with Crippen molar-refractivity contribution in [3.63, 3.8) is 0 Å². The van der Waals surface area contributed by atoms with Gasteiger partial charge in [-0.25, -0.2) is 8.42 Å². The van der Waals surface area contributed by atoms with E-state index in [-0.39, 0.29) is 4.90 Å². The Hall–Kier alpha value is -2.01. The average Bonchev–Trinajstić information content (AvgIpc) is 2.35. The van der Waals surface area contributed by atoms with Gasteiger partial charge in [0.25, 0.3) is 10.0 Å². The third-order valence-corrected chi connectivity index (χ3v) is 4.45. The molecule has 4 nitrogen and oxygen atoms in total. The zero-order valence-electron chi connectivity index (χ0n) is 10.8. The minimum Gasteiger partial charge on any atom is -0.398 e. The highest BCUT2D eigenvalue weighted by atomic mass is 32.2. The first kappa shape index (κ1) is 13.4. The first-order valence-electron chi connectivity index (χ1n) is 5.85. The second kappa shape index (κ2) is 4.93. The van der Waals surface area contributed by atoms with E-state index < -0.39 is 10.0 Å². The summed E-state index contributed by atoms with van der Waals surface area (Å²) in [5.41, 5.74) is 8.37. The Bertz CT molecular complexity index is 692. The van der Waals surface area contributed by atoms with Crippen LogP contribution in [-0.2, 0) is 10.0 Å². The van der Waals surface area contributed by atoms with E-state index >= 15 is 0 Å². The van der Waals surface area contributed by atoms with Gasteiger partial charge in [0.1, 0.15) is 0 Å². The number of sulfonamides is 1. The van der Waals surface area contributed by atoms with Gasteiger partial charge in [-0.05, 0) is 43.7 Å². The highest BCUT2D eigenvalue weighted by molar-refractivity contribution is 7.92. The van der Waals surface area contributed by atoms with E-state index in [9.17, 15) is 8.42 Å². The molecule has 0 saturated carbocycles. The standard InChI is InChI=1S/C14H16N2O2S/c1-10-6-8-12(9-7-10)16-19(17,18)14-5-3-4-13(15)11(14)2/h3-9,16H,15H2,1-2H3. The summed E-state index contributed by atoms with van der Waals surface area (Å²) in [4.78, 5) is 0.202. The molecule has 0 aromatic heterocycles. The number of hydrogen-bond donors (Lipinski definition) is 2. The zero-order valence-corrected chi connectivity index (χ0v) is 11.7. The van der Waals surface area contributed by atoms with Gasteiger partial charge in [-0.2, -0.15) is 0 Å². The molecule has 0 saturated heterocycles. The van der Waals surface area contributed by atoms with Gasteiger partial charge in [-0.3, -0.25) is 4.72 Å². The summed E-state index contributed by atoms with van der Waals surface area (Å²) >= 11 is 0. The zero-order chi connectivity index (χ0) is 14.0. The monoisotopic (exact) mass is 276 g/mol. The molecule has 100 valence electrons. The van der Waals surface area contributed by atoms with E-state index in [2.05, 4.69) is 4.72 Å². The minimum atomic E-state index is -3.61. The highest BCUT2D eigenvalue weighted by Crippen LogP contribution is 2.23. The van der Waals surface area contributed by atoms with Gasteiger partial charge in [0.2, 0.25) is 0 Å². The van der Waals surface area contributed by atoms with Crippen molar-refractivity contribution in [2.45, 2.75) is 18.7 Å². The van der Waals surface area contributed by atoms with Crippen LogP contribution in [0.1, 0.15) is 11.1 Å². The third kappa shape index (κ3) is 2.88. The Balaban J connectivity index is 2.38. The molecule has 0 amide bonds. The molecule has 0 bridgehead atoms. The molecule has 0 spiro atoms. The molecule has 2 aromatic rings. The topological polar surface area (TPSA) is 72.2 Å². The first-order valence-corrected chi connectivity index (χ1v) is 7.33. The molecule has 19 heavy (non-hydrogen) atoms.